The second kappa shape index (κ2) is 9.00. The number of aromatic nitrogens is 1. The third kappa shape index (κ3) is 4.56. The summed E-state index contributed by atoms with van der Waals surface area (Å²) in [4.78, 5) is 6.49. The number of hydrogen-bond donors (Lipinski definition) is 2. The number of methoxy groups -OCH3 is 1. The number of aliphatic hydroxyl groups excluding tert-OH is 1. The van der Waals surface area contributed by atoms with Gasteiger partial charge in [0.1, 0.15) is 17.7 Å². The SMILES string of the molecule is COc1cccc(OCCC(O)N2CCC(O)(c3cnc4ccccc4c3)CC2)c1. The van der Waals surface area contributed by atoms with Crippen LogP contribution in [-0.4, -0.2) is 53.1 Å². The number of aliphatic hydroxyl groups is 2. The number of benzene rings is 2. The average molecular weight is 408 g/mol. The molecule has 0 spiro atoms. The lowest BCUT2D eigenvalue weighted by molar-refractivity contribution is -0.0819. The van der Waals surface area contributed by atoms with Gasteiger partial charge in [0.05, 0.1) is 24.8 Å². The maximum atomic E-state index is 11.2. The first-order chi connectivity index (χ1) is 14.6. The smallest absolute Gasteiger partial charge is 0.122 e. The van der Waals surface area contributed by atoms with Crippen molar-refractivity contribution < 1.29 is 19.7 Å². The minimum atomic E-state index is -0.912. The monoisotopic (exact) mass is 408 g/mol. The maximum Gasteiger partial charge on any atom is 0.122 e. The van der Waals surface area contributed by atoms with Gasteiger partial charge < -0.3 is 19.7 Å². The standard InChI is InChI=1S/C24H28N2O4/c1-29-20-6-4-7-21(16-20)30-14-9-23(27)26-12-10-24(28,11-13-26)19-15-18-5-2-3-8-22(18)25-17-19/h2-8,15-17,23,27-28H,9-14H2,1H3. The van der Waals surface area contributed by atoms with E-state index in [4.69, 9.17) is 9.47 Å². The van der Waals surface area contributed by atoms with Crippen molar-refractivity contribution >= 4 is 10.9 Å². The van der Waals surface area contributed by atoms with Gasteiger partial charge in [-0.15, -0.1) is 0 Å². The molecule has 4 rings (SSSR count). The van der Waals surface area contributed by atoms with Gasteiger partial charge in [0, 0.05) is 42.7 Å². The molecule has 30 heavy (non-hydrogen) atoms. The van der Waals surface area contributed by atoms with Gasteiger partial charge >= 0.3 is 0 Å². The minimum Gasteiger partial charge on any atom is -0.497 e. The van der Waals surface area contributed by atoms with E-state index in [9.17, 15) is 10.2 Å². The van der Waals surface area contributed by atoms with E-state index in [2.05, 4.69) is 4.98 Å². The van der Waals surface area contributed by atoms with Gasteiger partial charge in [-0.25, -0.2) is 0 Å². The Morgan fingerprint density at radius 3 is 2.63 bits per heavy atom. The van der Waals surface area contributed by atoms with Crippen LogP contribution >= 0.6 is 0 Å². The van der Waals surface area contributed by atoms with Crippen LogP contribution < -0.4 is 9.47 Å². The zero-order valence-electron chi connectivity index (χ0n) is 17.2. The zero-order valence-corrected chi connectivity index (χ0v) is 17.2. The molecule has 1 saturated heterocycles. The highest BCUT2D eigenvalue weighted by atomic mass is 16.5. The largest absolute Gasteiger partial charge is 0.497 e. The van der Waals surface area contributed by atoms with Crippen LogP contribution in [0.5, 0.6) is 11.5 Å². The summed E-state index contributed by atoms with van der Waals surface area (Å²) >= 11 is 0. The number of ether oxygens (including phenoxy) is 2. The van der Waals surface area contributed by atoms with E-state index in [0.29, 0.717) is 39.0 Å². The van der Waals surface area contributed by atoms with E-state index < -0.39 is 11.8 Å². The third-order valence-corrected chi connectivity index (χ3v) is 5.86. The number of fused-ring (bicyclic) bond motifs is 1. The highest BCUT2D eigenvalue weighted by Gasteiger charge is 2.36. The van der Waals surface area contributed by atoms with Crippen molar-refractivity contribution in [2.45, 2.75) is 31.1 Å². The van der Waals surface area contributed by atoms with Gasteiger partial charge in [-0.3, -0.25) is 9.88 Å². The molecular formula is C24H28N2O4. The number of rotatable bonds is 7. The molecule has 6 nitrogen and oxygen atoms in total. The van der Waals surface area contributed by atoms with Crippen molar-refractivity contribution in [2.24, 2.45) is 0 Å². The Balaban J connectivity index is 1.30. The van der Waals surface area contributed by atoms with Crippen molar-refractivity contribution in [1.29, 1.82) is 0 Å². The van der Waals surface area contributed by atoms with Crippen LogP contribution in [0.4, 0.5) is 0 Å². The molecule has 1 fully saturated rings. The molecule has 1 aromatic heterocycles. The van der Waals surface area contributed by atoms with Crippen LogP contribution in [0, 0.1) is 0 Å². The van der Waals surface area contributed by atoms with Crippen LogP contribution in [-0.2, 0) is 5.60 Å². The van der Waals surface area contributed by atoms with E-state index in [1.807, 2.05) is 59.5 Å². The quantitative estimate of drug-likeness (QED) is 0.625. The molecule has 3 aromatic rings. The zero-order chi connectivity index (χ0) is 21.0. The van der Waals surface area contributed by atoms with Crippen LogP contribution in [0.15, 0.2) is 60.8 Å². The van der Waals surface area contributed by atoms with Gasteiger partial charge in [0.25, 0.3) is 0 Å². The fourth-order valence-corrected chi connectivity index (χ4v) is 3.96. The number of likely N-dealkylation sites (tertiary alicyclic amines) is 1. The van der Waals surface area contributed by atoms with Crippen LogP contribution in [0.1, 0.15) is 24.8 Å². The maximum absolute atomic E-state index is 11.2. The topological polar surface area (TPSA) is 75.0 Å². The van der Waals surface area contributed by atoms with E-state index in [0.717, 1.165) is 28.0 Å². The van der Waals surface area contributed by atoms with Gasteiger partial charge in [0.15, 0.2) is 0 Å². The fraction of sp³-hybridized carbons (Fsp3) is 0.375. The normalized spacial score (nSPS) is 17.6. The van der Waals surface area contributed by atoms with Crippen LogP contribution in [0.25, 0.3) is 10.9 Å². The molecule has 2 heterocycles. The summed E-state index contributed by atoms with van der Waals surface area (Å²) < 4.78 is 10.9. The second-order valence-electron chi connectivity index (χ2n) is 7.78. The number of piperidine rings is 1. The number of pyridine rings is 1. The third-order valence-electron chi connectivity index (χ3n) is 5.86. The van der Waals surface area contributed by atoms with E-state index >= 15 is 0 Å². The van der Waals surface area contributed by atoms with Crippen molar-refractivity contribution in [2.75, 3.05) is 26.8 Å². The average Bonchev–Trinajstić information content (AvgIpc) is 2.79. The summed E-state index contributed by atoms with van der Waals surface area (Å²) in [5.41, 5.74) is 0.857. The predicted molar refractivity (Wildman–Crippen MR) is 116 cm³/mol. The fourth-order valence-electron chi connectivity index (χ4n) is 3.96. The number of hydrogen-bond acceptors (Lipinski definition) is 6. The van der Waals surface area contributed by atoms with Gasteiger partial charge in [-0.2, -0.15) is 0 Å². The summed E-state index contributed by atoms with van der Waals surface area (Å²) in [5.74, 6) is 1.46. The Kier molecular flexibility index (Phi) is 6.18. The van der Waals surface area contributed by atoms with Gasteiger partial charge in [-0.1, -0.05) is 24.3 Å². The molecule has 158 valence electrons. The molecule has 1 aliphatic heterocycles. The number of para-hydroxylation sites is 1. The minimum absolute atomic E-state index is 0.406. The molecular weight excluding hydrogens is 380 g/mol. The molecule has 1 unspecified atom stereocenters. The Labute approximate surface area is 176 Å². The lowest BCUT2D eigenvalue weighted by Gasteiger charge is -2.40. The van der Waals surface area contributed by atoms with E-state index in [1.165, 1.54) is 0 Å². The summed E-state index contributed by atoms with van der Waals surface area (Å²) in [7, 11) is 1.62. The van der Waals surface area contributed by atoms with Crippen molar-refractivity contribution in [3.8, 4) is 11.5 Å². The summed E-state index contributed by atoms with van der Waals surface area (Å²) in [5, 5.41) is 22.8. The molecule has 0 amide bonds. The van der Waals surface area contributed by atoms with Crippen molar-refractivity contribution in [1.82, 2.24) is 9.88 Å². The summed E-state index contributed by atoms with van der Waals surface area (Å²) in [6.45, 7) is 1.64. The highest BCUT2D eigenvalue weighted by Crippen LogP contribution is 2.34. The van der Waals surface area contributed by atoms with E-state index in [-0.39, 0.29) is 0 Å². The molecule has 1 atom stereocenters. The lowest BCUT2D eigenvalue weighted by atomic mass is 9.84. The first-order valence-corrected chi connectivity index (χ1v) is 10.3. The van der Waals surface area contributed by atoms with Gasteiger partial charge in [0.2, 0.25) is 0 Å². The Hall–Kier alpha value is -2.67. The van der Waals surface area contributed by atoms with Crippen LogP contribution in [0.2, 0.25) is 0 Å². The van der Waals surface area contributed by atoms with Crippen molar-refractivity contribution in [3.05, 3.63) is 66.4 Å². The van der Waals surface area contributed by atoms with Gasteiger partial charge in [-0.05, 0) is 37.1 Å². The lowest BCUT2D eigenvalue weighted by Crippen LogP contribution is -2.47. The first kappa shape index (κ1) is 20.6. The first-order valence-electron chi connectivity index (χ1n) is 10.3. The number of nitrogens with zero attached hydrogens (tertiary/aromatic N) is 2. The van der Waals surface area contributed by atoms with Crippen LogP contribution in [0.3, 0.4) is 0 Å². The molecule has 0 aliphatic carbocycles. The molecule has 1 aliphatic rings. The van der Waals surface area contributed by atoms with Crippen molar-refractivity contribution in [3.63, 3.8) is 0 Å². The molecule has 0 radical (unpaired) electrons. The molecule has 0 bridgehead atoms. The Morgan fingerprint density at radius 1 is 1.07 bits per heavy atom. The Morgan fingerprint density at radius 2 is 1.83 bits per heavy atom. The highest BCUT2D eigenvalue weighted by molar-refractivity contribution is 5.78. The second-order valence-corrected chi connectivity index (χ2v) is 7.78. The predicted octanol–water partition coefficient (Wildman–Crippen LogP) is 3.31. The Bertz CT molecular complexity index is 986. The molecule has 6 heteroatoms. The summed E-state index contributed by atoms with van der Waals surface area (Å²) in [6.07, 6.45) is 2.78. The molecule has 2 N–H and O–H groups in total. The van der Waals surface area contributed by atoms with E-state index in [1.54, 1.807) is 13.3 Å². The summed E-state index contributed by atoms with van der Waals surface area (Å²) in [6, 6.07) is 17.4. The molecule has 2 aromatic carbocycles. The molecule has 0 saturated carbocycles.